The fourth-order valence-electron chi connectivity index (χ4n) is 12.8. The molecule has 0 bridgehead atoms. The molecular formula is C124H126NaO21+. The molecule has 0 atom stereocenters. The van der Waals surface area contributed by atoms with E-state index >= 15 is 0 Å². The van der Waals surface area contributed by atoms with Gasteiger partial charge >= 0.3 is 35.5 Å². The number of carboxylic acid groups (broad SMARTS) is 1. The standard InChI is InChI=1S/C17H16O5.C17H18O3.C16H16O2.C15H14O3.C15H14O2.C14H12O.C11H14O2.C10H12O2.C9H10O.Na/c1-21-14-7-11(8-15(10-14)22-2)9-16(17(19)20)12-3-5-13(18)6-4-12;1-18-15-8-6-13(7-9-15)4-5-14-10-16(19-2)12-17(11-14)20-3;1-17-15-10-14(11-16(12-15)18-2)9-8-13-6-4-3-5-7-13;1-18-15-6-4-11(5-7-15)2-3-12-8-13(16)10-14(17)9-12;1-17-15-4-2-3-13(11-15)6-5-12-7-9-14(16)10-8-12;15-14-10-8-13(9-11-14)7-6-12-4-2-1-3-5-12;1-4-5-9-6-10(12-2)8-11(7-9)13-3;1-4-8-5-9(11-2)7-10(6-8)12-3;1-2-3-8-4-6-9(10)7-5-8;/h3-10,18H,1-2H3,(H,19,20);4-12H,1-3H3;3-12H,1-2H3;2-10,16-17H,1H3;2-11,16H,1H3;1-11,15H;4-8H,1-3H3;4-7H,1H2,2-3H3;2-7,10H,1H3;/q;;;;;;;;;+1/b16-9+;5-4-;9-8-;3-2-;6-5-;7-6-;5-4+;;3-2+;. The summed E-state index contributed by atoms with van der Waals surface area (Å²) in [5, 5.41) is 64.6. The quantitative estimate of drug-likeness (QED) is 0.0130. The first-order chi connectivity index (χ1) is 70.3. The summed E-state index contributed by atoms with van der Waals surface area (Å²) >= 11 is 0. The van der Waals surface area contributed by atoms with Crippen LogP contribution >= 0.6 is 0 Å². The zero-order valence-corrected chi connectivity index (χ0v) is 87.1. The summed E-state index contributed by atoms with van der Waals surface area (Å²) in [5.74, 6) is 9.98. The van der Waals surface area contributed by atoms with E-state index in [0.29, 0.717) is 34.1 Å². The SMILES string of the molecule is C/C=C/c1cc(OC)cc(OC)c1.C/C=C/c1ccc(O)cc1.C=Cc1cc(OC)cc(OC)c1.COc1cc(/C=C(/C(=O)O)c2ccc(O)cc2)cc(OC)c1.COc1cc(/C=C\c2ccccc2)cc(OC)c1.COc1ccc(/C=C\c2cc(O)cc(O)c2)cc1.COc1ccc(/C=C\c2cc(OC)cc(OC)c2)cc1.COc1cccc(/C=C\c2ccc(O)cc2)c1.Oc1ccc(/C=C\c2ccccc2)cc1.[Na+]. The van der Waals surface area contributed by atoms with Gasteiger partial charge in [-0.2, -0.15) is 0 Å². The molecule has 15 rings (SSSR count). The van der Waals surface area contributed by atoms with E-state index in [4.69, 9.17) is 76.9 Å². The maximum atomic E-state index is 11.5. The topological polar surface area (TPSA) is 279 Å². The van der Waals surface area contributed by atoms with Crippen molar-refractivity contribution < 1.29 is 132 Å². The van der Waals surface area contributed by atoms with Gasteiger partial charge in [-0.05, 0) is 261 Å². The second-order valence-corrected chi connectivity index (χ2v) is 30.7. The summed E-state index contributed by atoms with van der Waals surface area (Å²) < 4.78 is 67.1. The van der Waals surface area contributed by atoms with E-state index in [0.717, 1.165) is 124 Å². The summed E-state index contributed by atoms with van der Waals surface area (Å²) in [6.07, 6.45) is 31.2. The largest absolute Gasteiger partial charge is 1.00 e. The van der Waals surface area contributed by atoms with Crippen LogP contribution in [-0.4, -0.2) is 134 Å². The Balaban J connectivity index is 0.000000253. The molecule has 0 saturated heterocycles. The monoisotopic (exact) mass is 1970 g/mol. The number of rotatable bonds is 29. The van der Waals surface area contributed by atoms with E-state index in [1.165, 1.54) is 49.6 Å². The number of aromatic hydroxyl groups is 6. The molecule has 0 saturated carbocycles. The van der Waals surface area contributed by atoms with Gasteiger partial charge in [0.05, 0.1) is 98.0 Å². The molecule has 0 spiro atoms. The van der Waals surface area contributed by atoms with Crippen molar-refractivity contribution in [1.29, 1.82) is 0 Å². The molecule has 7 N–H and O–H groups in total. The van der Waals surface area contributed by atoms with Crippen molar-refractivity contribution in [3.8, 4) is 109 Å². The minimum absolute atomic E-state index is 0. The Labute approximate surface area is 879 Å². The van der Waals surface area contributed by atoms with Gasteiger partial charge in [-0.3, -0.25) is 0 Å². The average Bonchev–Trinajstić information content (AvgIpc) is 0.828. The molecule has 0 fully saturated rings. The Kier molecular flexibility index (Phi) is 53.3. The normalized spacial score (nSPS) is 10.5. The molecule has 146 heavy (non-hydrogen) atoms. The molecule has 0 radical (unpaired) electrons. The summed E-state index contributed by atoms with van der Waals surface area (Å²) in [7, 11) is 21.1. The minimum atomic E-state index is -1.06. The van der Waals surface area contributed by atoms with Crippen molar-refractivity contribution in [2.75, 3.05) is 92.4 Å². The van der Waals surface area contributed by atoms with Crippen molar-refractivity contribution in [3.63, 3.8) is 0 Å². The first-order valence-electron chi connectivity index (χ1n) is 45.4. The summed E-state index contributed by atoms with van der Waals surface area (Å²) in [4.78, 5) is 11.5. The molecule has 15 aromatic carbocycles. The molecule has 15 aromatic rings. The van der Waals surface area contributed by atoms with E-state index in [1.54, 1.807) is 163 Å². The fourth-order valence-corrected chi connectivity index (χ4v) is 12.8. The van der Waals surface area contributed by atoms with E-state index in [9.17, 15) is 25.2 Å². The number of hydrogen-bond donors (Lipinski definition) is 7. The Hall–Kier alpha value is -17.4. The van der Waals surface area contributed by atoms with E-state index < -0.39 is 5.97 Å². The van der Waals surface area contributed by atoms with Crippen LogP contribution in [0.25, 0.3) is 90.6 Å². The van der Waals surface area contributed by atoms with Gasteiger partial charge in [0.1, 0.15) is 109 Å². The van der Waals surface area contributed by atoms with E-state index in [2.05, 4.69) is 36.9 Å². The number of hydrogen-bond acceptors (Lipinski definition) is 20. The van der Waals surface area contributed by atoms with Crippen molar-refractivity contribution >= 4 is 96.6 Å². The number of carboxylic acids is 1. The van der Waals surface area contributed by atoms with Crippen LogP contribution in [0.5, 0.6) is 109 Å². The molecule has 0 amide bonds. The second-order valence-electron chi connectivity index (χ2n) is 30.7. The number of phenolic OH excluding ortho intramolecular Hbond substituents is 6. The Morgan fingerprint density at radius 2 is 0.425 bits per heavy atom. The van der Waals surface area contributed by atoms with Gasteiger partial charge in [0, 0.05) is 36.4 Å². The molecule has 0 heterocycles. The number of allylic oxidation sites excluding steroid dienone is 2. The maximum Gasteiger partial charge on any atom is 1.00 e. The maximum absolute atomic E-state index is 11.5. The number of carbonyl (C=O) groups is 1. The third-order valence-corrected chi connectivity index (χ3v) is 20.4. The van der Waals surface area contributed by atoms with Crippen LogP contribution in [0.1, 0.15) is 97.3 Å². The molecular weight excluding hydrogens is 1850 g/mol. The third kappa shape index (κ3) is 44.6. The van der Waals surface area contributed by atoms with Crippen molar-refractivity contribution in [1.82, 2.24) is 0 Å². The smallest absolute Gasteiger partial charge is 0.508 e. The number of phenols is 6. The zero-order chi connectivity index (χ0) is 105. The molecule has 0 aliphatic carbocycles. The van der Waals surface area contributed by atoms with Gasteiger partial charge < -0.3 is 97.3 Å². The van der Waals surface area contributed by atoms with Gasteiger partial charge in [-0.15, -0.1) is 0 Å². The van der Waals surface area contributed by atoms with Crippen LogP contribution in [0.3, 0.4) is 0 Å². The third-order valence-electron chi connectivity index (χ3n) is 20.4. The van der Waals surface area contributed by atoms with Crippen LogP contribution < -0.4 is 91.1 Å². The van der Waals surface area contributed by atoms with Crippen LogP contribution in [-0.2, 0) is 4.79 Å². The molecule has 21 nitrogen and oxygen atoms in total. The van der Waals surface area contributed by atoms with Gasteiger partial charge in [-0.1, -0.05) is 243 Å². The minimum Gasteiger partial charge on any atom is -0.508 e. The van der Waals surface area contributed by atoms with Crippen LogP contribution in [0, 0.1) is 0 Å². The molecule has 0 unspecified atom stereocenters. The molecule has 748 valence electrons. The van der Waals surface area contributed by atoms with Crippen LogP contribution in [0.15, 0.2) is 358 Å². The van der Waals surface area contributed by atoms with Crippen molar-refractivity contribution in [3.05, 3.63) is 442 Å². The zero-order valence-electron chi connectivity index (χ0n) is 85.1. The van der Waals surface area contributed by atoms with Crippen molar-refractivity contribution in [2.24, 2.45) is 0 Å². The number of ether oxygens (including phenoxy) is 13. The van der Waals surface area contributed by atoms with Crippen LogP contribution in [0.2, 0.25) is 0 Å². The van der Waals surface area contributed by atoms with Crippen molar-refractivity contribution in [2.45, 2.75) is 13.8 Å². The number of benzene rings is 15. The second kappa shape index (κ2) is 66.3. The molecule has 0 aromatic heterocycles. The summed E-state index contributed by atoms with van der Waals surface area (Å²) in [5.41, 5.74) is 14.9. The molecule has 22 heteroatoms. The Bertz CT molecular complexity index is 6520. The molecule has 0 aliphatic heterocycles. The fraction of sp³-hybridized carbons (Fsp3) is 0.121. The van der Waals surface area contributed by atoms with Gasteiger partial charge in [0.25, 0.3) is 0 Å². The van der Waals surface area contributed by atoms with Gasteiger partial charge in [-0.25, -0.2) is 4.79 Å². The predicted molar refractivity (Wildman–Crippen MR) is 591 cm³/mol. The first-order valence-corrected chi connectivity index (χ1v) is 45.4. The average molecular weight is 1980 g/mol. The van der Waals surface area contributed by atoms with Crippen LogP contribution in [0.4, 0.5) is 0 Å². The van der Waals surface area contributed by atoms with E-state index in [-0.39, 0.29) is 58.1 Å². The van der Waals surface area contributed by atoms with Gasteiger partial charge in [0.15, 0.2) is 0 Å². The molecule has 0 aliphatic rings. The summed E-state index contributed by atoms with van der Waals surface area (Å²) in [6.45, 7) is 7.61. The number of aliphatic carboxylic acids is 1. The Morgan fingerprint density at radius 3 is 0.705 bits per heavy atom. The van der Waals surface area contributed by atoms with E-state index in [1.807, 2.05) is 311 Å². The predicted octanol–water partition coefficient (Wildman–Crippen LogP) is 25.7. The first kappa shape index (κ1) is 117. The summed E-state index contributed by atoms with van der Waals surface area (Å²) in [6, 6.07) is 104. The number of methoxy groups -OCH3 is 13. The van der Waals surface area contributed by atoms with Gasteiger partial charge in [0.2, 0.25) is 0 Å². The Morgan fingerprint density at radius 1 is 0.205 bits per heavy atom.